The van der Waals surface area contributed by atoms with E-state index in [2.05, 4.69) is 11.8 Å². The lowest BCUT2D eigenvalue weighted by Gasteiger charge is -2.35. The SMILES string of the molecule is CCN1CC(N)C1.Cc1ccc(S(=O)(=O)O)cc1. The number of hydrogen-bond donors (Lipinski definition) is 2. The Morgan fingerprint density at radius 2 is 1.83 bits per heavy atom. The Bertz CT molecular complexity index is 465. The third-order valence-electron chi connectivity index (χ3n) is 2.75. The zero-order chi connectivity index (χ0) is 13.8. The molecule has 1 heterocycles. The van der Waals surface area contributed by atoms with Crippen molar-refractivity contribution in [1.82, 2.24) is 4.90 Å². The van der Waals surface area contributed by atoms with E-state index in [1.807, 2.05) is 6.92 Å². The molecule has 102 valence electrons. The molecule has 18 heavy (non-hydrogen) atoms. The van der Waals surface area contributed by atoms with Crippen molar-refractivity contribution < 1.29 is 13.0 Å². The summed E-state index contributed by atoms with van der Waals surface area (Å²) in [5.41, 5.74) is 6.46. The molecule has 0 atom stereocenters. The van der Waals surface area contributed by atoms with Crippen LogP contribution in [0.2, 0.25) is 0 Å². The molecule has 0 aromatic heterocycles. The molecule has 0 spiro atoms. The Labute approximate surface area is 108 Å². The fourth-order valence-corrected chi connectivity index (χ4v) is 2.06. The predicted octanol–water partition coefficient (Wildman–Crippen LogP) is 0.891. The molecule has 0 bridgehead atoms. The van der Waals surface area contributed by atoms with Crippen LogP contribution in [-0.4, -0.2) is 43.5 Å². The molecule has 1 saturated heterocycles. The average molecular weight is 272 g/mol. The summed E-state index contributed by atoms with van der Waals surface area (Å²) < 4.78 is 29.6. The number of likely N-dealkylation sites (tertiary alicyclic amines) is 1. The molecular weight excluding hydrogens is 252 g/mol. The van der Waals surface area contributed by atoms with Gasteiger partial charge in [-0.15, -0.1) is 0 Å². The van der Waals surface area contributed by atoms with Gasteiger partial charge in [0, 0.05) is 19.1 Å². The fraction of sp³-hybridized carbons (Fsp3) is 0.500. The molecule has 1 fully saturated rings. The van der Waals surface area contributed by atoms with Crippen molar-refractivity contribution in [3.05, 3.63) is 29.8 Å². The van der Waals surface area contributed by atoms with Crippen molar-refractivity contribution in [2.24, 2.45) is 5.73 Å². The van der Waals surface area contributed by atoms with Gasteiger partial charge in [0.25, 0.3) is 10.1 Å². The molecule has 1 aromatic carbocycles. The normalized spacial score (nSPS) is 16.7. The highest BCUT2D eigenvalue weighted by atomic mass is 32.2. The highest BCUT2D eigenvalue weighted by Gasteiger charge is 2.19. The van der Waals surface area contributed by atoms with Gasteiger partial charge in [-0.05, 0) is 25.6 Å². The Morgan fingerprint density at radius 3 is 2.11 bits per heavy atom. The quantitative estimate of drug-likeness (QED) is 0.781. The molecule has 1 aliphatic heterocycles. The van der Waals surface area contributed by atoms with E-state index in [0.717, 1.165) is 25.2 Å². The summed E-state index contributed by atoms with van der Waals surface area (Å²) in [5.74, 6) is 0. The lowest BCUT2D eigenvalue weighted by molar-refractivity contribution is 0.160. The minimum Gasteiger partial charge on any atom is -0.325 e. The molecule has 6 heteroatoms. The minimum absolute atomic E-state index is 0.0666. The average Bonchev–Trinajstić information content (AvgIpc) is 2.25. The van der Waals surface area contributed by atoms with Gasteiger partial charge in [-0.2, -0.15) is 8.42 Å². The first-order valence-electron chi connectivity index (χ1n) is 5.85. The lowest BCUT2D eigenvalue weighted by atomic mass is 10.1. The van der Waals surface area contributed by atoms with Crippen molar-refractivity contribution >= 4 is 10.1 Å². The van der Waals surface area contributed by atoms with Crippen molar-refractivity contribution in [2.75, 3.05) is 19.6 Å². The molecule has 0 unspecified atom stereocenters. The maximum atomic E-state index is 10.5. The number of nitrogens with two attached hydrogens (primary N) is 1. The minimum atomic E-state index is -4.02. The molecule has 0 radical (unpaired) electrons. The van der Waals surface area contributed by atoms with E-state index in [1.165, 1.54) is 12.1 Å². The zero-order valence-corrected chi connectivity index (χ0v) is 11.5. The molecule has 0 amide bonds. The molecular formula is C12H20N2O3S. The van der Waals surface area contributed by atoms with Crippen LogP contribution in [0.3, 0.4) is 0 Å². The smallest absolute Gasteiger partial charge is 0.294 e. The molecule has 1 aliphatic rings. The van der Waals surface area contributed by atoms with Gasteiger partial charge < -0.3 is 10.6 Å². The second-order valence-electron chi connectivity index (χ2n) is 4.40. The number of aryl methyl sites for hydroxylation is 1. The van der Waals surface area contributed by atoms with E-state index in [-0.39, 0.29) is 4.90 Å². The van der Waals surface area contributed by atoms with Gasteiger partial charge in [-0.3, -0.25) is 4.55 Å². The van der Waals surface area contributed by atoms with Gasteiger partial charge in [0.2, 0.25) is 0 Å². The largest absolute Gasteiger partial charge is 0.325 e. The fourth-order valence-electron chi connectivity index (χ4n) is 1.58. The Hall–Kier alpha value is -0.950. The first kappa shape index (κ1) is 15.1. The third kappa shape index (κ3) is 4.73. The number of rotatable bonds is 2. The van der Waals surface area contributed by atoms with Crippen LogP contribution in [0.4, 0.5) is 0 Å². The van der Waals surface area contributed by atoms with Crippen LogP contribution in [0, 0.1) is 6.92 Å². The highest BCUT2D eigenvalue weighted by Crippen LogP contribution is 2.08. The van der Waals surface area contributed by atoms with Crippen LogP contribution in [0.25, 0.3) is 0 Å². The number of likely N-dealkylation sites (N-methyl/N-ethyl adjacent to an activating group) is 1. The van der Waals surface area contributed by atoms with E-state index in [1.54, 1.807) is 12.1 Å². The second-order valence-corrected chi connectivity index (χ2v) is 5.82. The lowest BCUT2D eigenvalue weighted by Crippen LogP contribution is -2.55. The van der Waals surface area contributed by atoms with Crippen LogP contribution >= 0.6 is 0 Å². The summed E-state index contributed by atoms with van der Waals surface area (Å²) >= 11 is 0. The molecule has 0 aliphatic carbocycles. The van der Waals surface area contributed by atoms with Crippen LogP contribution in [-0.2, 0) is 10.1 Å². The van der Waals surface area contributed by atoms with Gasteiger partial charge in [0.05, 0.1) is 4.90 Å². The topological polar surface area (TPSA) is 83.6 Å². The van der Waals surface area contributed by atoms with Gasteiger partial charge >= 0.3 is 0 Å². The number of nitrogens with zero attached hydrogens (tertiary/aromatic N) is 1. The van der Waals surface area contributed by atoms with Crippen molar-refractivity contribution in [3.63, 3.8) is 0 Å². The van der Waals surface area contributed by atoms with E-state index < -0.39 is 10.1 Å². The van der Waals surface area contributed by atoms with E-state index in [9.17, 15) is 8.42 Å². The summed E-state index contributed by atoms with van der Waals surface area (Å²) in [5, 5.41) is 0. The van der Waals surface area contributed by atoms with Gasteiger partial charge in [-0.25, -0.2) is 0 Å². The standard InChI is InChI=1S/C7H8O3S.C5H12N2/c1-6-2-4-7(5-3-6)11(8,9)10;1-2-7-3-5(6)4-7/h2-5H,1H3,(H,8,9,10);5H,2-4,6H2,1H3. The highest BCUT2D eigenvalue weighted by molar-refractivity contribution is 7.85. The summed E-state index contributed by atoms with van der Waals surface area (Å²) in [6, 6.07) is 6.46. The maximum absolute atomic E-state index is 10.5. The Kier molecular flexibility index (Phi) is 5.28. The zero-order valence-electron chi connectivity index (χ0n) is 10.7. The van der Waals surface area contributed by atoms with Crippen LogP contribution in [0.1, 0.15) is 12.5 Å². The summed E-state index contributed by atoms with van der Waals surface area (Å²) in [4.78, 5) is 2.26. The first-order valence-corrected chi connectivity index (χ1v) is 7.29. The van der Waals surface area contributed by atoms with Gasteiger partial charge in [0.15, 0.2) is 0 Å². The summed E-state index contributed by atoms with van der Waals surface area (Å²) in [6.07, 6.45) is 0. The van der Waals surface area contributed by atoms with E-state index in [0.29, 0.717) is 6.04 Å². The second kappa shape index (κ2) is 6.29. The van der Waals surface area contributed by atoms with E-state index >= 15 is 0 Å². The molecule has 3 N–H and O–H groups in total. The molecule has 0 saturated carbocycles. The monoisotopic (exact) mass is 272 g/mol. The van der Waals surface area contributed by atoms with Crippen LogP contribution in [0.15, 0.2) is 29.2 Å². The predicted molar refractivity (Wildman–Crippen MR) is 71.1 cm³/mol. The third-order valence-corrected chi connectivity index (χ3v) is 3.62. The van der Waals surface area contributed by atoms with Crippen molar-refractivity contribution in [2.45, 2.75) is 24.8 Å². The van der Waals surface area contributed by atoms with E-state index in [4.69, 9.17) is 10.3 Å². The summed E-state index contributed by atoms with van der Waals surface area (Å²) in [6.45, 7) is 7.38. The van der Waals surface area contributed by atoms with Crippen LogP contribution in [0.5, 0.6) is 0 Å². The molecule has 1 aromatic rings. The molecule has 5 nitrogen and oxygen atoms in total. The molecule has 2 rings (SSSR count). The number of benzene rings is 1. The van der Waals surface area contributed by atoms with Crippen molar-refractivity contribution in [3.8, 4) is 0 Å². The Balaban J connectivity index is 0.000000199. The Morgan fingerprint density at radius 1 is 1.33 bits per heavy atom. The van der Waals surface area contributed by atoms with Gasteiger partial charge in [-0.1, -0.05) is 24.6 Å². The van der Waals surface area contributed by atoms with Gasteiger partial charge in [0.1, 0.15) is 0 Å². The van der Waals surface area contributed by atoms with Crippen LogP contribution < -0.4 is 5.73 Å². The maximum Gasteiger partial charge on any atom is 0.294 e. The number of hydrogen-bond acceptors (Lipinski definition) is 4. The van der Waals surface area contributed by atoms with Crippen molar-refractivity contribution in [1.29, 1.82) is 0 Å². The summed E-state index contributed by atoms with van der Waals surface area (Å²) in [7, 11) is -4.02. The first-order chi connectivity index (χ1) is 8.32.